The van der Waals surface area contributed by atoms with Crippen molar-refractivity contribution in [1.82, 2.24) is 10.3 Å². The van der Waals surface area contributed by atoms with Gasteiger partial charge in [0, 0.05) is 23.8 Å². The lowest BCUT2D eigenvalue weighted by atomic mass is 9.97. The fraction of sp³-hybridized carbons (Fsp3) is 0.615. The molecule has 0 amide bonds. The molecule has 100 valence electrons. The first-order valence-corrected chi connectivity index (χ1v) is 8.06. The molecule has 2 heterocycles. The third-order valence-electron chi connectivity index (χ3n) is 3.39. The van der Waals surface area contributed by atoms with Gasteiger partial charge in [0.15, 0.2) is 0 Å². The quantitative estimate of drug-likeness (QED) is 0.872. The van der Waals surface area contributed by atoms with Gasteiger partial charge in [-0.1, -0.05) is 6.92 Å². The highest BCUT2D eigenvalue weighted by Gasteiger charge is 2.21. The molecule has 1 fully saturated rings. The number of hydrogen-bond donors (Lipinski definition) is 1. The van der Waals surface area contributed by atoms with Crippen molar-refractivity contribution in [2.24, 2.45) is 5.92 Å². The molecule has 0 spiro atoms. The molecule has 0 saturated carbocycles. The van der Waals surface area contributed by atoms with Crippen LogP contribution < -0.4 is 10.2 Å². The molecule has 18 heavy (non-hydrogen) atoms. The molecule has 1 saturated heterocycles. The van der Waals surface area contributed by atoms with E-state index in [9.17, 15) is 0 Å². The van der Waals surface area contributed by atoms with Crippen LogP contribution in [0.2, 0.25) is 0 Å². The van der Waals surface area contributed by atoms with Crippen LogP contribution in [0.4, 0.5) is 5.82 Å². The number of halogens is 2. The van der Waals surface area contributed by atoms with Crippen molar-refractivity contribution in [2.75, 3.05) is 31.1 Å². The topological polar surface area (TPSA) is 28.2 Å². The van der Waals surface area contributed by atoms with E-state index in [1.54, 1.807) is 0 Å². The lowest BCUT2D eigenvalue weighted by Gasteiger charge is -2.33. The van der Waals surface area contributed by atoms with Gasteiger partial charge in [-0.2, -0.15) is 0 Å². The van der Waals surface area contributed by atoms with Crippen molar-refractivity contribution >= 4 is 37.7 Å². The Labute approximate surface area is 126 Å². The molecule has 1 aromatic heterocycles. The van der Waals surface area contributed by atoms with Gasteiger partial charge in [-0.3, -0.25) is 0 Å². The molecule has 1 N–H and O–H groups in total. The zero-order chi connectivity index (χ0) is 13.0. The molecule has 1 aromatic rings. The maximum absolute atomic E-state index is 4.51. The Balaban J connectivity index is 1.93. The first kappa shape index (κ1) is 14.3. The van der Waals surface area contributed by atoms with Crippen LogP contribution in [0.5, 0.6) is 0 Å². The van der Waals surface area contributed by atoms with Crippen molar-refractivity contribution in [3.63, 3.8) is 0 Å². The van der Waals surface area contributed by atoms with Gasteiger partial charge in [0.25, 0.3) is 0 Å². The molecule has 0 bridgehead atoms. The number of pyridine rings is 1. The van der Waals surface area contributed by atoms with Gasteiger partial charge in [-0.15, -0.1) is 0 Å². The highest BCUT2D eigenvalue weighted by atomic mass is 79.9. The van der Waals surface area contributed by atoms with Gasteiger partial charge in [0.05, 0.1) is 4.47 Å². The normalized spacial score (nSPS) is 17.2. The molecule has 0 unspecified atom stereocenters. The fourth-order valence-corrected chi connectivity index (χ4v) is 3.58. The average molecular weight is 377 g/mol. The van der Waals surface area contributed by atoms with E-state index in [-0.39, 0.29) is 0 Å². The van der Waals surface area contributed by atoms with E-state index in [2.05, 4.69) is 60.1 Å². The molecular weight excluding hydrogens is 358 g/mol. The van der Waals surface area contributed by atoms with Gasteiger partial charge in [0.1, 0.15) is 5.82 Å². The minimum atomic E-state index is 0.815. The summed E-state index contributed by atoms with van der Waals surface area (Å²) in [6.07, 6.45) is 4.36. The number of nitrogens with one attached hydrogen (secondary N) is 1. The molecular formula is C13H19Br2N3. The summed E-state index contributed by atoms with van der Waals surface area (Å²) >= 11 is 7.03. The molecule has 3 nitrogen and oxygen atoms in total. The van der Waals surface area contributed by atoms with E-state index in [0.29, 0.717) is 0 Å². The highest BCUT2D eigenvalue weighted by Crippen LogP contribution is 2.29. The standard InChI is InChI=1S/C13H19Br2N3/c1-2-16-8-10-3-5-18(6-4-10)13-12(15)7-11(14)9-17-13/h7,9-10,16H,2-6,8H2,1H3. The Morgan fingerprint density at radius 3 is 2.72 bits per heavy atom. The number of aromatic nitrogens is 1. The van der Waals surface area contributed by atoms with E-state index < -0.39 is 0 Å². The molecule has 1 aliphatic rings. The van der Waals surface area contributed by atoms with Crippen LogP contribution in [-0.2, 0) is 0 Å². The second-order valence-corrected chi connectivity index (χ2v) is 6.47. The van der Waals surface area contributed by atoms with Gasteiger partial charge in [-0.25, -0.2) is 4.98 Å². The molecule has 0 atom stereocenters. The molecule has 1 aliphatic heterocycles. The monoisotopic (exact) mass is 375 g/mol. The minimum Gasteiger partial charge on any atom is -0.356 e. The van der Waals surface area contributed by atoms with E-state index in [0.717, 1.165) is 46.9 Å². The third-order valence-corrected chi connectivity index (χ3v) is 4.40. The molecule has 5 heteroatoms. The summed E-state index contributed by atoms with van der Waals surface area (Å²) in [5.74, 6) is 1.88. The van der Waals surface area contributed by atoms with Crippen molar-refractivity contribution in [3.05, 3.63) is 21.2 Å². The molecule has 0 aliphatic carbocycles. The van der Waals surface area contributed by atoms with Crippen LogP contribution in [0.25, 0.3) is 0 Å². The second kappa shape index (κ2) is 6.87. The van der Waals surface area contributed by atoms with E-state index in [4.69, 9.17) is 0 Å². The molecule has 2 rings (SSSR count). The number of rotatable bonds is 4. The summed E-state index contributed by atoms with van der Waals surface area (Å²) in [7, 11) is 0. The average Bonchev–Trinajstić information content (AvgIpc) is 2.37. The van der Waals surface area contributed by atoms with Crippen LogP contribution in [0.3, 0.4) is 0 Å². The summed E-state index contributed by atoms with van der Waals surface area (Å²) in [5, 5.41) is 3.44. The van der Waals surface area contributed by atoms with Gasteiger partial charge in [0.2, 0.25) is 0 Å². The fourth-order valence-electron chi connectivity index (χ4n) is 2.34. The summed E-state index contributed by atoms with van der Waals surface area (Å²) in [4.78, 5) is 6.88. The Morgan fingerprint density at radius 2 is 2.11 bits per heavy atom. The highest BCUT2D eigenvalue weighted by molar-refractivity contribution is 9.11. The Kier molecular flexibility index (Phi) is 5.45. The van der Waals surface area contributed by atoms with Crippen LogP contribution >= 0.6 is 31.9 Å². The number of piperidine rings is 1. The first-order chi connectivity index (χ1) is 8.70. The summed E-state index contributed by atoms with van der Waals surface area (Å²) in [5.41, 5.74) is 0. The number of nitrogens with zero attached hydrogens (tertiary/aromatic N) is 2. The Bertz CT molecular complexity index is 390. The third kappa shape index (κ3) is 3.68. The SMILES string of the molecule is CCNCC1CCN(c2ncc(Br)cc2Br)CC1. The Hall–Kier alpha value is -0.130. The van der Waals surface area contributed by atoms with E-state index >= 15 is 0 Å². The van der Waals surface area contributed by atoms with Crippen molar-refractivity contribution < 1.29 is 0 Å². The van der Waals surface area contributed by atoms with Crippen molar-refractivity contribution in [3.8, 4) is 0 Å². The van der Waals surface area contributed by atoms with Crippen molar-refractivity contribution in [2.45, 2.75) is 19.8 Å². The summed E-state index contributed by atoms with van der Waals surface area (Å²) in [6, 6.07) is 2.06. The predicted molar refractivity (Wildman–Crippen MR) is 83.1 cm³/mol. The second-order valence-electron chi connectivity index (χ2n) is 4.70. The van der Waals surface area contributed by atoms with Crippen LogP contribution in [-0.4, -0.2) is 31.2 Å². The molecule has 0 aromatic carbocycles. The number of anilines is 1. The van der Waals surface area contributed by atoms with Gasteiger partial charge >= 0.3 is 0 Å². The lowest BCUT2D eigenvalue weighted by Crippen LogP contribution is -2.37. The maximum atomic E-state index is 4.51. The Morgan fingerprint density at radius 1 is 1.39 bits per heavy atom. The van der Waals surface area contributed by atoms with Gasteiger partial charge in [-0.05, 0) is 69.8 Å². The first-order valence-electron chi connectivity index (χ1n) is 6.47. The van der Waals surface area contributed by atoms with E-state index in [1.165, 1.54) is 12.8 Å². The molecule has 0 radical (unpaired) electrons. The zero-order valence-corrected chi connectivity index (χ0v) is 13.8. The summed E-state index contributed by atoms with van der Waals surface area (Å²) < 4.78 is 2.09. The van der Waals surface area contributed by atoms with Crippen LogP contribution in [0, 0.1) is 5.92 Å². The lowest BCUT2D eigenvalue weighted by molar-refractivity contribution is 0.385. The largest absolute Gasteiger partial charge is 0.356 e. The predicted octanol–water partition coefficient (Wildman–Crippen LogP) is 3.43. The minimum absolute atomic E-state index is 0.815. The van der Waals surface area contributed by atoms with E-state index in [1.807, 2.05) is 6.20 Å². The van der Waals surface area contributed by atoms with Crippen molar-refractivity contribution in [1.29, 1.82) is 0 Å². The van der Waals surface area contributed by atoms with Gasteiger partial charge < -0.3 is 10.2 Å². The number of hydrogen-bond acceptors (Lipinski definition) is 3. The smallest absolute Gasteiger partial charge is 0.142 e. The summed E-state index contributed by atoms with van der Waals surface area (Å²) in [6.45, 7) is 6.59. The zero-order valence-electron chi connectivity index (χ0n) is 10.6. The maximum Gasteiger partial charge on any atom is 0.142 e. The van der Waals surface area contributed by atoms with Crippen LogP contribution in [0.15, 0.2) is 21.2 Å². The van der Waals surface area contributed by atoms with Crippen LogP contribution in [0.1, 0.15) is 19.8 Å².